The fourth-order valence-electron chi connectivity index (χ4n) is 4.76. The van der Waals surface area contributed by atoms with Crippen LogP contribution in [0, 0.1) is 0 Å². The molecule has 1 aliphatic rings. The van der Waals surface area contributed by atoms with Gasteiger partial charge >= 0.3 is 6.01 Å². The van der Waals surface area contributed by atoms with E-state index in [1.54, 1.807) is 33.9 Å². The highest BCUT2D eigenvalue weighted by Crippen LogP contribution is 2.29. The van der Waals surface area contributed by atoms with Crippen LogP contribution in [0.5, 0.6) is 0 Å². The van der Waals surface area contributed by atoms with Crippen LogP contribution in [0.25, 0.3) is 22.1 Å². The Labute approximate surface area is 229 Å². The monoisotopic (exact) mass is 551 g/mol. The van der Waals surface area contributed by atoms with Crippen LogP contribution in [0.1, 0.15) is 43.2 Å². The molecule has 4 heterocycles. The van der Waals surface area contributed by atoms with E-state index in [-0.39, 0.29) is 29.5 Å². The lowest BCUT2D eigenvalue weighted by Crippen LogP contribution is -2.40. The molecule has 4 aromatic rings. The number of benzene rings is 1. The third kappa shape index (κ3) is 5.57. The highest BCUT2D eigenvalue weighted by molar-refractivity contribution is 6.31. The number of likely N-dealkylation sites (N-methyl/N-ethyl adjacent to an activating group) is 1. The Balaban J connectivity index is 1.38. The molecule has 0 bridgehead atoms. The molecule has 1 fully saturated rings. The zero-order chi connectivity index (χ0) is 27.5. The quantitative estimate of drug-likeness (QED) is 0.314. The van der Waals surface area contributed by atoms with E-state index in [0.29, 0.717) is 40.2 Å². The van der Waals surface area contributed by atoms with Gasteiger partial charge in [-0.3, -0.25) is 14.9 Å². The number of carbonyl (C=O) groups is 2. The van der Waals surface area contributed by atoms with Crippen LogP contribution in [-0.4, -0.2) is 79.1 Å². The van der Waals surface area contributed by atoms with Crippen molar-refractivity contribution in [2.75, 3.05) is 43.8 Å². The van der Waals surface area contributed by atoms with Crippen molar-refractivity contribution >= 4 is 57.4 Å². The summed E-state index contributed by atoms with van der Waals surface area (Å²) in [5.41, 5.74) is 7.63. The van der Waals surface area contributed by atoms with E-state index >= 15 is 0 Å². The molecule has 3 aromatic heterocycles. The van der Waals surface area contributed by atoms with Crippen LogP contribution in [0.2, 0.25) is 5.02 Å². The molecule has 1 aromatic carbocycles. The largest absolute Gasteiger partial charge is 0.423 e. The number of nitrogens with one attached hydrogen (secondary N) is 1. The number of nitrogens with zero attached hydrogens (tertiary/aromatic N) is 7. The maximum Gasteiger partial charge on any atom is 0.302 e. The van der Waals surface area contributed by atoms with E-state index in [1.807, 2.05) is 6.08 Å². The van der Waals surface area contributed by atoms with Crippen molar-refractivity contribution in [1.29, 1.82) is 0 Å². The SMILES string of the molecule is CCN(CC)C/C=C/C(=O)N1CCCC(n2nc(C(=O)Nc3nc4cc(Cl)ccc4o3)c3c(N)ncnc32)C1. The number of hydrogen-bond acceptors (Lipinski definition) is 9. The number of likely N-dealkylation sites (tertiary alicyclic amines) is 1. The first-order valence-electron chi connectivity index (χ1n) is 12.9. The fourth-order valence-corrected chi connectivity index (χ4v) is 4.93. The molecule has 2 amide bonds. The number of halogens is 1. The van der Waals surface area contributed by atoms with Crippen molar-refractivity contribution in [3.8, 4) is 0 Å². The predicted molar refractivity (Wildman–Crippen MR) is 148 cm³/mol. The zero-order valence-corrected chi connectivity index (χ0v) is 22.6. The summed E-state index contributed by atoms with van der Waals surface area (Å²) in [5, 5.41) is 8.09. The normalized spacial score (nSPS) is 16.1. The molecule has 39 heavy (non-hydrogen) atoms. The molecule has 13 heteroatoms. The highest BCUT2D eigenvalue weighted by Gasteiger charge is 2.30. The van der Waals surface area contributed by atoms with Crippen molar-refractivity contribution < 1.29 is 14.0 Å². The molecule has 0 spiro atoms. The van der Waals surface area contributed by atoms with Gasteiger partial charge in [0.25, 0.3) is 5.91 Å². The summed E-state index contributed by atoms with van der Waals surface area (Å²) >= 11 is 6.03. The number of fused-ring (bicyclic) bond motifs is 2. The van der Waals surface area contributed by atoms with Gasteiger partial charge in [-0.25, -0.2) is 14.6 Å². The molecule has 5 rings (SSSR count). The van der Waals surface area contributed by atoms with Crippen LogP contribution in [0.3, 0.4) is 0 Å². The van der Waals surface area contributed by atoms with Gasteiger partial charge in [0.05, 0.1) is 11.4 Å². The van der Waals surface area contributed by atoms with Gasteiger partial charge in [-0.2, -0.15) is 10.1 Å². The van der Waals surface area contributed by atoms with Crippen LogP contribution in [-0.2, 0) is 4.79 Å². The number of piperidine rings is 1. The summed E-state index contributed by atoms with van der Waals surface area (Å²) in [6.45, 7) is 7.84. The van der Waals surface area contributed by atoms with Crippen LogP contribution >= 0.6 is 11.6 Å². The van der Waals surface area contributed by atoms with E-state index in [0.717, 1.165) is 32.5 Å². The molecule has 1 aliphatic heterocycles. The molecule has 0 saturated carbocycles. The first-order chi connectivity index (χ1) is 18.9. The molecule has 204 valence electrons. The van der Waals surface area contributed by atoms with Gasteiger partial charge in [0.2, 0.25) is 5.91 Å². The Hall–Kier alpha value is -4.03. The Bertz CT molecular complexity index is 1540. The summed E-state index contributed by atoms with van der Waals surface area (Å²) in [4.78, 5) is 43.0. The van der Waals surface area contributed by atoms with E-state index in [4.69, 9.17) is 21.8 Å². The van der Waals surface area contributed by atoms with Crippen LogP contribution in [0.4, 0.5) is 11.8 Å². The smallest absolute Gasteiger partial charge is 0.302 e. The molecule has 12 nitrogen and oxygen atoms in total. The molecule has 1 atom stereocenters. The minimum Gasteiger partial charge on any atom is -0.423 e. The van der Waals surface area contributed by atoms with Gasteiger partial charge in [0.1, 0.15) is 17.7 Å². The molecule has 3 N–H and O–H groups in total. The van der Waals surface area contributed by atoms with Gasteiger partial charge in [0.15, 0.2) is 16.9 Å². The number of nitrogens with two attached hydrogens (primary N) is 1. The number of aromatic nitrogens is 5. The van der Waals surface area contributed by atoms with Gasteiger partial charge < -0.3 is 20.0 Å². The van der Waals surface area contributed by atoms with Crippen molar-refractivity contribution in [2.24, 2.45) is 0 Å². The Morgan fingerprint density at radius 2 is 2.10 bits per heavy atom. The van der Waals surface area contributed by atoms with Crippen molar-refractivity contribution in [3.63, 3.8) is 0 Å². The van der Waals surface area contributed by atoms with E-state index in [9.17, 15) is 9.59 Å². The topological polar surface area (TPSA) is 148 Å². The maximum absolute atomic E-state index is 13.3. The second-order valence-electron chi connectivity index (χ2n) is 9.30. The third-order valence-corrected chi connectivity index (χ3v) is 7.11. The predicted octanol–water partition coefficient (Wildman–Crippen LogP) is 3.52. The third-order valence-electron chi connectivity index (χ3n) is 6.88. The molecular formula is C26H30ClN9O3. The second kappa shape index (κ2) is 11.4. The maximum atomic E-state index is 13.3. The molecular weight excluding hydrogens is 522 g/mol. The summed E-state index contributed by atoms with van der Waals surface area (Å²) in [6.07, 6.45) is 6.42. The fraction of sp³-hybridized carbons (Fsp3) is 0.385. The van der Waals surface area contributed by atoms with Gasteiger partial charge in [-0.1, -0.05) is 31.5 Å². The standard InChI is InChI=1S/C26H30ClN9O3/c1-3-34(4-2)11-6-8-20(37)35-12-5-7-17(14-35)36-24-21(23(28)29-15-30-24)22(33-36)25(38)32-26-31-18-13-16(27)9-10-19(18)39-26/h6,8-10,13,15,17H,3-5,7,11-12,14H2,1-2H3,(H2,28,29,30)(H,31,32,38)/b8-6+. The number of rotatable bonds is 8. The minimum absolute atomic E-state index is 0.00123. The van der Waals surface area contributed by atoms with Gasteiger partial charge in [-0.05, 0) is 44.1 Å². The number of hydrogen-bond donors (Lipinski definition) is 2. The lowest BCUT2D eigenvalue weighted by atomic mass is 10.1. The first kappa shape index (κ1) is 26.6. The second-order valence-corrected chi connectivity index (χ2v) is 9.74. The Morgan fingerprint density at radius 1 is 1.28 bits per heavy atom. The van der Waals surface area contributed by atoms with Crippen molar-refractivity contribution in [3.05, 3.63) is 47.4 Å². The minimum atomic E-state index is -0.569. The van der Waals surface area contributed by atoms with E-state index < -0.39 is 5.91 Å². The number of amides is 2. The van der Waals surface area contributed by atoms with Gasteiger partial charge in [-0.15, -0.1) is 0 Å². The first-order valence-corrected chi connectivity index (χ1v) is 13.3. The molecule has 1 unspecified atom stereocenters. The Morgan fingerprint density at radius 3 is 2.90 bits per heavy atom. The molecule has 0 aliphatic carbocycles. The van der Waals surface area contributed by atoms with Crippen LogP contribution < -0.4 is 11.1 Å². The summed E-state index contributed by atoms with van der Waals surface area (Å²) in [5.74, 6) is -0.490. The summed E-state index contributed by atoms with van der Waals surface area (Å²) in [6, 6.07) is 4.80. The van der Waals surface area contributed by atoms with Crippen molar-refractivity contribution in [2.45, 2.75) is 32.7 Å². The number of nitrogen functional groups attached to an aromatic ring is 1. The van der Waals surface area contributed by atoms with Crippen LogP contribution in [0.15, 0.2) is 41.1 Å². The highest BCUT2D eigenvalue weighted by atomic mass is 35.5. The lowest BCUT2D eigenvalue weighted by Gasteiger charge is -2.32. The zero-order valence-electron chi connectivity index (χ0n) is 21.8. The van der Waals surface area contributed by atoms with Gasteiger partial charge in [0, 0.05) is 30.7 Å². The number of anilines is 2. The average molecular weight is 552 g/mol. The number of carbonyl (C=O) groups excluding carboxylic acids is 2. The number of oxazole rings is 1. The summed E-state index contributed by atoms with van der Waals surface area (Å²) < 4.78 is 7.30. The summed E-state index contributed by atoms with van der Waals surface area (Å²) in [7, 11) is 0. The average Bonchev–Trinajstić information content (AvgIpc) is 3.52. The van der Waals surface area contributed by atoms with E-state index in [1.165, 1.54) is 6.33 Å². The van der Waals surface area contributed by atoms with Crippen molar-refractivity contribution in [1.82, 2.24) is 34.5 Å². The molecule has 0 radical (unpaired) electrons. The molecule has 1 saturated heterocycles. The van der Waals surface area contributed by atoms with E-state index in [2.05, 4.69) is 44.1 Å². The lowest BCUT2D eigenvalue weighted by molar-refractivity contribution is -0.127. The Kier molecular flexibility index (Phi) is 7.75.